The predicted molar refractivity (Wildman–Crippen MR) is 77.9 cm³/mol. The van der Waals surface area contributed by atoms with Crippen LogP contribution in [-0.4, -0.2) is 12.1 Å². The largest absolute Gasteiger partial charge is 0.273 e. The Morgan fingerprint density at radius 2 is 1.95 bits per heavy atom. The zero-order valence-electron chi connectivity index (χ0n) is 11.6. The highest BCUT2D eigenvalue weighted by molar-refractivity contribution is 5.82. The first-order valence-corrected chi connectivity index (χ1v) is 7.31. The lowest BCUT2D eigenvalue weighted by atomic mass is 9.86. The molecule has 20 heavy (non-hydrogen) atoms. The maximum Gasteiger partial charge on any atom is 0.240 e. The second-order valence-corrected chi connectivity index (χ2v) is 5.39. The van der Waals surface area contributed by atoms with E-state index in [0.717, 1.165) is 12.0 Å². The van der Waals surface area contributed by atoms with Crippen LogP contribution in [0.15, 0.2) is 29.4 Å². The number of benzene rings is 1. The van der Waals surface area contributed by atoms with Crippen LogP contribution in [0.3, 0.4) is 0 Å². The van der Waals surface area contributed by atoms with Crippen LogP contribution in [0.25, 0.3) is 0 Å². The minimum absolute atomic E-state index is 0.0473. The summed E-state index contributed by atoms with van der Waals surface area (Å²) < 4.78 is 12.7. The van der Waals surface area contributed by atoms with Gasteiger partial charge in [0.1, 0.15) is 5.82 Å². The molecule has 1 aliphatic rings. The van der Waals surface area contributed by atoms with Gasteiger partial charge in [-0.15, -0.1) is 0 Å². The summed E-state index contributed by atoms with van der Waals surface area (Å²) in [5.74, 6) is 0.378. The Morgan fingerprint density at radius 3 is 2.65 bits per heavy atom. The molecule has 1 aliphatic carbocycles. The van der Waals surface area contributed by atoms with Gasteiger partial charge in [-0.3, -0.25) is 4.79 Å². The second kappa shape index (κ2) is 7.78. The number of amides is 1. The molecule has 108 valence electrons. The van der Waals surface area contributed by atoms with E-state index in [9.17, 15) is 9.18 Å². The number of hydrogen-bond acceptors (Lipinski definition) is 2. The monoisotopic (exact) mass is 276 g/mol. The van der Waals surface area contributed by atoms with Gasteiger partial charge in [0.25, 0.3) is 0 Å². The molecule has 0 atom stereocenters. The fraction of sp³-hybridized carbons (Fsp3) is 0.500. The summed E-state index contributed by atoms with van der Waals surface area (Å²) in [4.78, 5) is 11.6. The highest BCUT2D eigenvalue weighted by Crippen LogP contribution is 2.27. The van der Waals surface area contributed by atoms with Crippen LogP contribution in [0.2, 0.25) is 0 Å². The summed E-state index contributed by atoms with van der Waals surface area (Å²) in [6.45, 7) is 0. The first-order valence-electron chi connectivity index (χ1n) is 7.31. The molecule has 1 saturated carbocycles. The third kappa shape index (κ3) is 5.11. The number of hydrogen-bond donors (Lipinski definition) is 1. The molecular weight excluding hydrogens is 255 g/mol. The molecule has 3 nitrogen and oxygen atoms in total. The lowest BCUT2D eigenvalue weighted by Gasteiger charge is -2.20. The third-order valence-electron chi connectivity index (χ3n) is 3.78. The normalized spacial score (nSPS) is 16.4. The average molecular weight is 276 g/mol. The van der Waals surface area contributed by atoms with Crippen molar-refractivity contribution in [1.29, 1.82) is 0 Å². The fourth-order valence-electron chi connectivity index (χ4n) is 2.59. The molecule has 2 rings (SSSR count). The van der Waals surface area contributed by atoms with Gasteiger partial charge in [0.2, 0.25) is 5.91 Å². The fourth-order valence-corrected chi connectivity index (χ4v) is 2.59. The van der Waals surface area contributed by atoms with Gasteiger partial charge in [-0.25, -0.2) is 9.82 Å². The molecule has 0 bridgehead atoms. The van der Waals surface area contributed by atoms with E-state index in [-0.39, 0.29) is 11.7 Å². The first kappa shape index (κ1) is 14.7. The molecule has 0 aliphatic heterocycles. The van der Waals surface area contributed by atoms with Crippen molar-refractivity contribution < 1.29 is 9.18 Å². The summed E-state index contributed by atoms with van der Waals surface area (Å²) in [5, 5.41) is 3.89. The van der Waals surface area contributed by atoms with Gasteiger partial charge in [-0.05, 0) is 30.0 Å². The van der Waals surface area contributed by atoms with Crippen molar-refractivity contribution in [3.8, 4) is 0 Å². The van der Waals surface area contributed by atoms with Crippen molar-refractivity contribution in [2.75, 3.05) is 0 Å². The van der Waals surface area contributed by atoms with Gasteiger partial charge < -0.3 is 0 Å². The average Bonchev–Trinajstić information content (AvgIpc) is 2.48. The van der Waals surface area contributed by atoms with Crippen molar-refractivity contribution in [3.63, 3.8) is 0 Å². The maximum atomic E-state index is 12.7. The Balaban J connectivity index is 1.67. The number of carbonyl (C=O) groups is 1. The van der Waals surface area contributed by atoms with Gasteiger partial charge in [0, 0.05) is 6.42 Å². The Bertz CT molecular complexity index is 450. The molecule has 1 N–H and O–H groups in total. The third-order valence-corrected chi connectivity index (χ3v) is 3.78. The number of hydrazone groups is 1. The van der Waals surface area contributed by atoms with Crippen LogP contribution in [0, 0.1) is 11.7 Å². The molecular formula is C16H21FN2O. The summed E-state index contributed by atoms with van der Waals surface area (Å²) in [7, 11) is 0. The lowest BCUT2D eigenvalue weighted by Crippen LogP contribution is -2.19. The molecule has 0 spiro atoms. The lowest BCUT2D eigenvalue weighted by molar-refractivity contribution is -0.121. The maximum absolute atomic E-state index is 12.7. The molecule has 0 radical (unpaired) electrons. The molecule has 1 aromatic rings. The van der Waals surface area contributed by atoms with E-state index in [1.54, 1.807) is 12.1 Å². The Morgan fingerprint density at radius 1 is 1.25 bits per heavy atom. The highest BCUT2D eigenvalue weighted by Gasteiger charge is 2.14. The van der Waals surface area contributed by atoms with Crippen LogP contribution in [0.1, 0.15) is 50.5 Å². The van der Waals surface area contributed by atoms with Crippen LogP contribution in [0.5, 0.6) is 0 Å². The number of nitrogens with one attached hydrogen (secondary N) is 1. The van der Waals surface area contributed by atoms with E-state index < -0.39 is 0 Å². The number of rotatable bonds is 5. The van der Waals surface area contributed by atoms with Gasteiger partial charge in [-0.1, -0.05) is 44.2 Å². The van der Waals surface area contributed by atoms with E-state index in [0.29, 0.717) is 12.3 Å². The van der Waals surface area contributed by atoms with Crippen LogP contribution < -0.4 is 5.43 Å². The van der Waals surface area contributed by atoms with Gasteiger partial charge >= 0.3 is 0 Å². The summed E-state index contributed by atoms with van der Waals surface area (Å²) in [6.07, 6.45) is 9.47. The van der Waals surface area contributed by atoms with Gasteiger partial charge in [0.15, 0.2) is 0 Å². The van der Waals surface area contributed by atoms with Crippen molar-refractivity contribution in [3.05, 3.63) is 35.6 Å². The van der Waals surface area contributed by atoms with E-state index >= 15 is 0 Å². The Kier molecular flexibility index (Phi) is 5.71. The van der Waals surface area contributed by atoms with Crippen molar-refractivity contribution in [2.24, 2.45) is 11.0 Å². The van der Waals surface area contributed by atoms with Crippen molar-refractivity contribution >= 4 is 12.1 Å². The topological polar surface area (TPSA) is 41.5 Å². The molecule has 0 saturated heterocycles. The molecule has 1 amide bonds. The zero-order chi connectivity index (χ0) is 14.2. The van der Waals surface area contributed by atoms with Crippen molar-refractivity contribution in [1.82, 2.24) is 5.43 Å². The Hall–Kier alpha value is -1.71. The molecule has 0 aromatic heterocycles. The smallest absolute Gasteiger partial charge is 0.240 e. The SMILES string of the molecule is O=C(CCC1CCCCC1)NN=Cc1ccc(F)cc1. The number of halogens is 1. The van der Waals surface area contributed by atoms with Gasteiger partial charge in [-0.2, -0.15) is 5.10 Å². The summed E-state index contributed by atoms with van der Waals surface area (Å²) >= 11 is 0. The van der Waals surface area contributed by atoms with E-state index in [1.165, 1.54) is 50.5 Å². The minimum Gasteiger partial charge on any atom is -0.273 e. The van der Waals surface area contributed by atoms with E-state index in [4.69, 9.17) is 0 Å². The van der Waals surface area contributed by atoms with E-state index in [2.05, 4.69) is 10.5 Å². The molecule has 1 fully saturated rings. The number of carbonyl (C=O) groups excluding carboxylic acids is 1. The summed E-state index contributed by atoms with van der Waals surface area (Å²) in [5.41, 5.74) is 3.29. The minimum atomic E-state index is -0.279. The standard InChI is InChI=1S/C16H21FN2O/c17-15-9-6-14(7-10-15)12-18-19-16(20)11-8-13-4-2-1-3-5-13/h6-7,9-10,12-13H,1-5,8,11H2,(H,19,20). The van der Waals surface area contributed by atoms with Crippen LogP contribution in [-0.2, 0) is 4.79 Å². The van der Waals surface area contributed by atoms with Crippen LogP contribution >= 0.6 is 0 Å². The van der Waals surface area contributed by atoms with Gasteiger partial charge in [0.05, 0.1) is 6.21 Å². The van der Waals surface area contributed by atoms with Crippen molar-refractivity contribution in [2.45, 2.75) is 44.9 Å². The molecule has 4 heteroatoms. The summed E-state index contributed by atoms with van der Waals surface area (Å²) in [6, 6.07) is 5.97. The first-order chi connectivity index (χ1) is 9.74. The zero-order valence-corrected chi connectivity index (χ0v) is 11.6. The number of nitrogens with zero attached hydrogens (tertiary/aromatic N) is 1. The quantitative estimate of drug-likeness (QED) is 0.647. The Labute approximate surface area is 119 Å². The highest BCUT2D eigenvalue weighted by atomic mass is 19.1. The second-order valence-electron chi connectivity index (χ2n) is 5.39. The predicted octanol–water partition coefficient (Wildman–Crippen LogP) is 3.64. The molecule has 0 unspecified atom stereocenters. The van der Waals surface area contributed by atoms with E-state index in [1.807, 2.05) is 0 Å². The van der Waals surface area contributed by atoms with Crippen LogP contribution in [0.4, 0.5) is 4.39 Å². The molecule has 0 heterocycles. The molecule has 1 aromatic carbocycles.